The van der Waals surface area contributed by atoms with Gasteiger partial charge in [0.15, 0.2) is 0 Å². The molecule has 0 atom stereocenters. The normalized spacial score (nSPS) is 13.7. The molecular formula is C16H20N4O6. The number of carboxylic acids is 1. The summed E-state index contributed by atoms with van der Waals surface area (Å²) < 4.78 is 0. The molecule has 0 aliphatic carbocycles. The first-order valence-electron chi connectivity index (χ1n) is 8.10. The van der Waals surface area contributed by atoms with Gasteiger partial charge in [-0.15, -0.1) is 5.01 Å². The van der Waals surface area contributed by atoms with E-state index < -0.39 is 24.5 Å². The van der Waals surface area contributed by atoms with Crippen LogP contribution >= 0.6 is 0 Å². The summed E-state index contributed by atoms with van der Waals surface area (Å²) in [5.41, 5.74) is 0.581. The van der Waals surface area contributed by atoms with E-state index >= 15 is 0 Å². The molecule has 1 aliphatic rings. The van der Waals surface area contributed by atoms with Gasteiger partial charge in [0.05, 0.1) is 29.7 Å². The largest absolute Gasteiger partial charge is 0.569 e. The molecule has 0 radical (unpaired) electrons. The van der Waals surface area contributed by atoms with E-state index in [1.54, 1.807) is 24.3 Å². The van der Waals surface area contributed by atoms with Crippen LogP contribution in [0, 0.1) is 5.21 Å². The van der Waals surface area contributed by atoms with E-state index in [2.05, 4.69) is 5.28 Å². The number of nitrogens with zero attached hydrogens (tertiary/aromatic N) is 4. The molecule has 1 aliphatic heterocycles. The molecule has 1 N–H and O–H groups in total. The molecule has 0 spiro atoms. The Hall–Kier alpha value is -3.17. The predicted molar refractivity (Wildman–Crippen MR) is 87.7 cm³/mol. The molecule has 0 unspecified atom stereocenters. The molecule has 1 aromatic carbocycles. The van der Waals surface area contributed by atoms with Crippen LogP contribution in [0.3, 0.4) is 0 Å². The highest BCUT2D eigenvalue weighted by atomic mass is 16.7. The van der Waals surface area contributed by atoms with Crippen molar-refractivity contribution in [2.75, 3.05) is 20.3 Å². The zero-order valence-electron chi connectivity index (χ0n) is 14.3. The van der Waals surface area contributed by atoms with Gasteiger partial charge in [0.25, 0.3) is 11.8 Å². The second kappa shape index (κ2) is 8.79. The third-order valence-electron chi connectivity index (χ3n) is 3.86. The maximum Gasteiger partial charge on any atom is 0.303 e. The zero-order valence-corrected chi connectivity index (χ0v) is 14.3. The highest BCUT2D eigenvalue weighted by molar-refractivity contribution is 6.21. The van der Waals surface area contributed by atoms with Crippen LogP contribution in [0.5, 0.6) is 0 Å². The number of benzene rings is 1. The maximum atomic E-state index is 12.1. The summed E-state index contributed by atoms with van der Waals surface area (Å²) in [6.45, 7) is -0.0967. The first-order chi connectivity index (χ1) is 12.4. The summed E-state index contributed by atoms with van der Waals surface area (Å²) in [5.74, 6) is -1.84. The third kappa shape index (κ3) is 4.68. The summed E-state index contributed by atoms with van der Waals surface area (Å²) in [6, 6.07) is 6.41. The van der Waals surface area contributed by atoms with Crippen molar-refractivity contribution in [2.24, 2.45) is 5.28 Å². The van der Waals surface area contributed by atoms with Crippen molar-refractivity contribution in [3.8, 4) is 0 Å². The minimum atomic E-state index is -0.847. The first kappa shape index (κ1) is 19.2. The number of unbranched alkanes of at least 4 members (excludes halogenated alkanes) is 2. The summed E-state index contributed by atoms with van der Waals surface area (Å²) in [4.78, 5) is 40.5. The number of hydrazine groups is 1. The molecule has 0 bridgehead atoms. The fraction of sp³-hybridized carbons (Fsp3) is 0.438. The number of hydrogen-bond acceptors (Lipinski definition) is 6. The predicted octanol–water partition coefficient (Wildman–Crippen LogP) is 1.63. The van der Waals surface area contributed by atoms with Gasteiger partial charge in [-0.05, 0) is 25.0 Å². The summed E-state index contributed by atoms with van der Waals surface area (Å²) >= 11 is 0. The highest BCUT2D eigenvalue weighted by Gasteiger charge is 2.35. The summed E-state index contributed by atoms with van der Waals surface area (Å²) in [7, 11) is 1.50. The number of amides is 2. The lowest BCUT2D eigenvalue weighted by atomic mass is 10.1. The fourth-order valence-corrected chi connectivity index (χ4v) is 2.43. The molecule has 140 valence electrons. The van der Waals surface area contributed by atoms with Crippen LogP contribution in [0.4, 0.5) is 0 Å². The molecule has 1 aromatic rings. The molecule has 0 fully saturated rings. The van der Waals surface area contributed by atoms with Crippen molar-refractivity contribution < 1.29 is 29.3 Å². The molecule has 10 nitrogen and oxygen atoms in total. The Bertz CT molecular complexity index is 685. The van der Waals surface area contributed by atoms with E-state index in [0.717, 1.165) is 4.90 Å². The number of imide groups is 1. The Labute approximate surface area is 149 Å². The Morgan fingerprint density at radius 3 is 2.42 bits per heavy atom. The van der Waals surface area contributed by atoms with Crippen LogP contribution in [-0.2, 0) is 9.63 Å². The lowest BCUT2D eigenvalue weighted by Crippen LogP contribution is -2.32. The monoisotopic (exact) mass is 364 g/mol. The number of carbonyl (C=O) groups is 3. The molecule has 0 saturated heterocycles. The number of hydrogen-bond donors (Lipinski definition) is 1. The molecule has 0 saturated carbocycles. The first-order valence-corrected chi connectivity index (χ1v) is 8.10. The average Bonchev–Trinajstić information content (AvgIpc) is 2.86. The van der Waals surface area contributed by atoms with Crippen LogP contribution in [-0.4, -0.2) is 58.1 Å². The Balaban J connectivity index is 1.76. The van der Waals surface area contributed by atoms with Gasteiger partial charge in [0, 0.05) is 6.42 Å². The van der Waals surface area contributed by atoms with E-state index in [9.17, 15) is 19.6 Å². The number of aliphatic carboxylic acids is 1. The fourth-order valence-electron chi connectivity index (χ4n) is 2.43. The van der Waals surface area contributed by atoms with Crippen LogP contribution in [0.1, 0.15) is 46.4 Å². The van der Waals surface area contributed by atoms with Gasteiger partial charge in [-0.25, -0.2) is 4.90 Å². The van der Waals surface area contributed by atoms with Gasteiger partial charge in [0.2, 0.25) is 12.0 Å². The molecule has 26 heavy (non-hydrogen) atoms. The van der Waals surface area contributed by atoms with Crippen LogP contribution < -0.4 is 0 Å². The minimum absolute atomic E-state index is 0.0958. The van der Waals surface area contributed by atoms with Crippen LogP contribution in [0.2, 0.25) is 0 Å². The average molecular weight is 364 g/mol. The van der Waals surface area contributed by atoms with Crippen molar-refractivity contribution in [2.45, 2.75) is 25.7 Å². The highest BCUT2D eigenvalue weighted by Crippen LogP contribution is 2.22. The number of carbonyl (C=O) groups excluding carboxylic acids is 2. The second-order valence-corrected chi connectivity index (χ2v) is 5.76. The van der Waals surface area contributed by atoms with Gasteiger partial charge < -0.3 is 15.2 Å². The Kier molecular flexibility index (Phi) is 6.48. The van der Waals surface area contributed by atoms with E-state index in [1.165, 1.54) is 12.1 Å². The maximum absolute atomic E-state index is 12.1. The van der Waals surface area contributed by atoms with Crippen molar-refractivity contribution in [1.82, 2.24) is 9.91 Å². The molecule has 0 aromatic heterocycles. The second-order valence-electron chi connectivity index (χ2n) is 5.76. The smallest absolute Gasteiger partial charge is 0.303 e. The topological polar surface area (TPSA) is 126 Å². The van der Waals surface area contributed by atoms with Gasteiger partial charge in [-0.1, -0.05) is 18.6 Å². The Morgan fingerprint density at radius 2 is 1.85 bits per heavy atom. The third-order valence-corrected chi connectivity index (χ3v) is 3.86. The van der Waals surface area contributed by atoms with Crippen LogP contribution in [0.25, 0.3) is 0 Å². The van der Waals surface area contributed by atoms with Crippen molar-refractivity contribution >= 4 is 17.8 Å². The number of fused-ring (bicyclic) bond motifs is 1. The van der Waals surface area contributed by atoms with Crippen molar-refractivity contribution in [3.05, 3.63) is 40.6 Å². The number of rotatable bonds is 10. The molecular weight excluding hydrogens is 344 g/mol. The molecule has 10 heteroatoms. The van der Waals surface area contributed by atoms with Crippen molar-refractivity contribution in [3.63, 3.8) is 0 Å². The van der Waals surface area contributed by atoms with E-state index in [-0.39, 0.29) is 11.4 Å². The lowest BCUT2D eigenvalue weighted by Gasteiger charge is -2.14. The quantitative estimate of drug-likeness (QED) is 0.220. The summed E-state index contributed by atoms with van der Waals surface area (Å²) in [5, 5.41) is 24.8. The van der Waals surface area contributed by atoms with E-state index in [1.807, 2.05) is 0 Å². The number of carboxylic acid groups (broad SMARTS) is 1. The van der Waals surface area contributed by atoms with Gasteiger partial charge in [-0.3, -0.25) is 14.4 Å². The lowest BCUT2D eigenvalue weighted by molar-refractivity contribution is -0.705. The molecule has 1 heterocycles. The van der Waals surface area contributed by atoms with Gasteiger partial charge in [0.1, 0.15) is 0 Å². The van der Waals surface area contributed by atoms with Gasteiger partial charge >= 0.3 is 5.97 Å². The van der Waals surface area contributed by atoms with Gasteiger partial charge in [-0.2, -0.15) is 0 Å². The minimum Gasteiger partial charge on any atom is -0.569 e. The standard InChI is InChI=1S/C16H20N4O6/c1-18(10-6-2-3-9-14(21)22)20(25)17-26-11-19-15(23)12-7-4-5-8-13(12)16(19)24/h4-5,7-8H,2-3,6,9-11H2,1H3,(H,21,22). The molecule has 2 rings (SSSR count). The van der Waals surface area contributed by atoms with E-state index in [0.29, 0.717) is 36.9 Å². The molecule has 2 amide bonds. The SMILES string of the molecule is CN(CCCCCC(=O)O)[N+]([O-])=NOCN1C(=O)c2ccccc2C1=O. The zero-order chi connectivity index (χ0) is 19.1. The Morgan fingerprint density at radius 1 is 1.23 bits per heavy atom. The summed E-state index contributed by atoms with van der Waals surface area (Å²) in [6.07, 6.45) is 1.92. The van der Waals surface area contributed by atoms with E-state index in [4.69, 9.17) is 9.94 Å². The van der Waals surface area contributed by atoms with Crippen LogP contribution in [0.15, 0.2) is 29.5 Å². The van der Waals surface area contributed by atoms with Crippen molar-refractivity contribution in [1.29, 1.82) is 0 Å².